The number of carbonyl (C=O) groups excluding carboxylic acids is 1. The van der Waals surface area contributed by atoms with E-state index >= 15 is 0 Å². The zero-order valence-electron chi connectivity index (χ0n) is 15.0. The molecule has 1 unspecified atom stereocenters. The van der Waals surface area contributed by atoms with Gasteiger partial charge in [-0.05, 0) is 41.5 Å². The van der Waals surface area contributed by atoms with Gasteiger partial charge in [0.05, 0.1) is 0 Å². The van der Waals surface area contributed by atoms with Crippen LogP contribution in [-0.2, 0) is 13.0 Å². The Labute approximate surface area is 153 Å². The summed E-state index contributed by atoms with van der Waals surface area (Å²) in [5, 5.41) is 11.4. The SMILES string of the molecule is CN=C(NCc1cccc(C(=O)NC)c1)NCC(C)Cc1cccs1. The minimum absolute atomic E-state index is 0.0771. The van der Waals surface area contributed by atoms with Crippen LogP contribution in [0.25, 0.3) is 0 Å². The van der Waals surface area contributed by atoms with Gasteiger partial charge in [-0.1, -0.05) is 25.1 Å². The van der Waals surface area contributed by atoms with Crippen LogP contribution in [0.3, 0.4) is 0 Å². The van der Waals surface area contributed by atoms with Crippen molar-refractivity contribution < 1.29 is 4.79 Å². The summed E-state index contributed by atoms with van der Waals surface area (Å²) in [5.41, 5.74) is 1.70. The van der Waals surface area contributed by atoms with Crippen molar-refractivity contribution in [1.82, 2.24) is 16.0 Å². The number of aliphatic imine (C=N–C) groups is 1. The number of nitrogens with one attached hydrogen (secondary N) is 3. The number of nitrogens with zero attached hydrogens (tertiary/aromatic N) is 1. The smallest absolute Gasteiger partial charge is 0.251 e. The van der Waals surface area contributed by atoms with Crippen molar-refractivity contribution in [3.05, 3.63) is 57.8 Å². The molecule has 0 radical (unpaired) electrons. The van der Waals surface area contributed by atoms with Gasteiger partial charge < -0.3 is 16.0 Å². The Balaban J connectivity index is 1.81. The fraction of sp³-hybridized carbons (Fsp3) is 0.368. The maximum Gasteiger partial charge on any atom is 0.251 e. The Morgan fingerprint density at radius 3 is 2.76 bits per heavy atom. The van der Waals surface area contributed by atoms with Gasteiger partial charge in [-0.15, -0.1) is 11.3 Å². The second-order valence-electron chi connectivity index (χ2n) is 5.97. The average molecular weight is 359 g/mol. The Kier molecular flexibility index (Phi) is 7.47. The molecule has 2 aromatic rings. The van der Waals surface area contributed by atoms with E-state index in [-0.39, 0.29) is 5.91 Å². The lowest BCUT2D eigenvalue weighted by Crippen LogP contribution is -2.39. The van der Waals surface area contributed by atoms with Gasteiger partial charge in [0.1, 0.15) is 0 Å². The van der Waals surface area contributed by atoms with Crippen LogP contribution in [0.2, 0.25) is 0 Å². The third-order valence-corrected chi connectivity index (χ3v) is 4.75. The van der Waals surface area contributed by atoms with Crippen LogP contribution in [0.1, 0.15) is 27.7 Å². The molecule has 1 amide bonds. The van der Waals surface area contributed by atoms with E-state index in [4.69, 9.17) is 0 Å². The van der Waals surface area contributed by atoms with E-state index in [2.05, 4.69) is 45.4 Å². The molecular formula is C19H26N4OS. The molecule has 0 saturated carbocycles. The molecule has 134 valence electrons. The number of rotatable bonds is 7. The molecule has 1 aromatic carbocycles. The van der Waals surface area contributed by atoms with Gasteiger partial charge in [-0.2, -0.15) is 0 Å². The summed E-state index contributed by atoms with van der Waals surface area (Å²) in [4.78, 5) is 17.4. The molecule has 25 heavy (non-hydrogen) atoms. The number of hydrogen-bond acceptors (Lipinski definition) is 3. The zero-order chi connectivity index (χ0) is 18.1. The first-order valence-electron chi connectivity index (χ1n) is 8.40. The number of thiophene rings is 1. The minimum Gasteiger partial charge on any atom is -0.356 e. The van der Waals surface area contributed by atoms with Gasteiger partial charge in [-0.3, -0.25) is 9.79 Å². The first-order chi connectivity index (χ1) is 12.1. The highest BCUT2D eigenvalue weighted by Crippen LogP contribution is 2.13. The minimum atomic E-state index is -0.0771. The first kappa shape index (κ1) is 19.0. The highest BCUT2D eigenvalue weighted by atomic mass is 32.1. The second-order valence-corrected chi connectivity index (χ2v) is 7.01. The van der Waals surface area contributed by atoms with E-state index in [0.29, 0.717) is 18.0 Å². The van der Waals surface area contributed by atoms with Crippen LogP contribution in [0.5, 0.6) is 0 Å². The summed E-state index contributed by atoms with van der Waals surface area (Å²) in [6.45, 7) is 3.70. The van der Waals surface area contributed by atoms with Gasteiger partial charge in [0, 0.05) is 37.6 Å². The molecule has 0 aliphatic heterocycles. The molecule has 1 aromatic heterocycles. The van der Waals surface area contributed by atoms with E-state index in [1.165, 1.54) is 4.88 Å². The van der Waals surface area contributed by atoms with Gasteiger partial charge in [0.2, 0.25) is 0 Å². The summed E-state index contributed by atoms with van der Waals surface area (Å²) in [5.74, 6) is 1.21. The number of benzene rings is 1. The van der Waals surface area contributed by atoms with Crippen LogP contribution < -0.4 is 16.0 Å². The number of carbonyl (C=O) groups is 1. The molecule has 0 aliphatic carbocycles. The largest absolute Gasteiger partial charge is 0.356 e. The highest BCUT2D eigenvalue weighted by Gasteiger charge is 2.07. The predicted octanol–water partition coefficient (Wildman–Crippen LogP) is 2.65. The third kappa shape index (κ3) is 6.23. The molecule has 0 saturated heterocycles. The molecule has 1 atom stereocenters. The fourth-order valence-electron chi connectivity index (χ4n) is 2.49. The monoisotopic (exact) mass is 358 g/mol. The second kappa shape index (κ2) is 9.84. The molecule has 2 rings (SSSR count). The summed E-state index contributed by atoms with van der Waals surface area (Å²) in [6, 6.07) is 11.8. The highest BCUT2D eigenvalue weighted by molar-refractivity contribution is 7.09. The van der Waals surface area contributed by atoms with E-state index in [1.807, 2.05) is 24.3 Å². The van der Waals surface area contributed by atoms with Gasteiger partial charge in [-0.25, -0.2) is 0 Å². The van der Waals surface area contributed by atoms with E-state index < -0.39 is 0 Å². The fourth-order valence-corrected chi connectivity index (χ4v) is 3.36. The van der Waals surface area contributed by atoms with Crippen molar-refractivity contribution in [3.63, 3.8) is 0 Å². The van der Waals surface area contributed by atoms with E-state index in [1.54, 1.807) is 25.4 Å². The lowest BCUT2D eigenvalue weighted by Gasteiger charge is -2.16. The normalized spacial score (nSPS) is 12.5. The zero-order valence-corrected chi connectivity index (χ0v) is 15.8. The molecule has 3 N–H and O–H groups in total. The topological polar surface area (TPSA) is 65.5 Å². The molecule has 0 aliphatic rings. The van der Waals surface area contributed by atoms with Crippen molar-refractivity contribution in [2.24, 2.45) is 10.9 Å². The third-order valence-electron chi connectivity index (χ3n) is 3.85. The van der Waals surface area contributed by atoms with Crippen molar-refractivity contribution in [3.8, 4) is 0 Å². The Bertz CT molecular complexity index is 697. The standard InChI is InChI=1S/C19H26N4OS/c1-14(10-17-8-5-9-25-17)12-22-19(21-3)23-13-15-6-4-7-16(11-15)18(24)20-2/h4-9,11,14H,10,12-13H2,1-3H3,(H,20,24)(H2,21,22,23). The maximum atomic E-state index is 11.7. The maximum absolute atomic E-state index is 11.7. The molecule has 1 heterocycles. The van der Waals surface area contributed by atoms with Crippen LogP contribution in [-0.4, -0.2) is 32.5 Å². The molecule has 6 heteroatoms. The molecule has 0 spiro atoms. The quantitative estimate of drug-likeness (QED) is 0.527. The van der Waals surface area contributed by atoms with Crippen molar-refractivity contribution in [2.45, 2.75) is 19.9 Å². The summed E-state index contributed by atoms with van der Waals surface area (Å²) >= 11 is 1.80. The lowest BCUT2D eigenvalue weighted by molar-refractivity contribution is 0.0963. The Hall–Kier alpha value is -2.34. The van der Waals surface area contributed by atoms with Crippen LogP contribution in [0.4, 0.5) is 0 Å². The Morgan fingerprint density at radius 2 is 2.08 bits per heavy atom. The summed E-state index contributed by atoms with van der Waals surface area (Å²) in [7, 11) is 3.40. The van der Waals surface area contributed by atoms with Gasteiger partial charge in [0.25, 0.3) is 5.91 Å². The predicted molar refractivity (Wildman–Crippen MR) is 105 cm³/mol. The van der Waals surface area contributed by atoms with Gasteiger partial charge >= 0.3 is 0 Å². The lowest BCUT2D eigenvalue weighted by atomic mass is 10.1. The van der Waals surface area contributed by atoms with Crippen molar-refractivity contribution in [2.75, 3.05) is 20.6 Å². The number of guanidine groups is 1. The summed E-state index contributed by atoms with van der Waals surface area (Å²) in [6.07, 6.45) is 1.07. The first-order valence-corrected chi connectivity index (χ1v) is 9.28. The van der Waals surface area contributed by atoms with Crippen LogP contribution in [0.15, 0.2) is 46.8 Å². The van der Waals surface area contributed by atoms with Gasteiger partial charge in [0.15, 0.2) is 5.96 Å². The molecular weight excluding hydrogens is 332 g/mol. The van der Waals surface area contributed by atoms with Crippen molar-refractivity contribution >= 4 is 23.2 Å². The van der Waals surface area contributed by atoms with Crippen LogP contribution >= 0.6 is 11.3 Å². The van der Waals surface area contributed by atoms with E-state index in [0.717, 1.165) is 24.5 Å². The van der Waals surface area contributed by atoms with Crippen molar-refractivity contribution in [1.29, 1.82) is 0 Å². The molecule has 0 fully saturated rings. The number of hydrogen-bond donors (Lipinski definition) is 3. The van der Waals surface area contributed by atoms with Crippen LogP contribution in [0, 0.1) is 5.92 Å². The Morgan fingerprint density at radius 1 is 1.24 bits per heavy atom. The molecule has 5 nitrogen and oxygen atoms in total. The van der Waals surface area contributed by atoms with E-state index in [9.17, 15) is 4.79 Å². The number of amides is 1. The average Bonchev–Trinajstić information content (AvgIpc) is 3.14. The summed E-state index contributed by atoms with van der Waals surface area (Å²) < 4.78 is 0. The molecule has 0 bridgehead atoms.